The van der Waals surface area contributed by atoms with Gasteiger partial charge in [0, 0.05) is 20.6 Å². The number of likely N-dealkylation sites (tertiary alicyclic amines) is 1. The molecule has 0 radical (unpaired) electrons. The van der Waals surface area contributed by atoms with Crippen LogP contribution in [-0.2, 0) is 21.3 Å². The van der Waals surface area contributed by atoms with Crippen molar-refractivity contribution in [2.45, 2.75) is 64.4 Å². The summed E-state index contributed by atoms with van der Waals surface area (Å²) in [7, 11) is 2.76. The fourth-order valence-corrected chi connectivity index (χ4v) is 3.40. The molecular formula is C20H31FN4O7. The first-order valence-electron chi connectivity index (χ1n) is 10.2. The van der Waals surface area contributed by atoms with E-state index in [9.17, 15) is 23.6 Å². The Balaban J connectivity index is 2.28. The Morgan fingerprint density at radius 1 is 1.25 bits per heavy atom. The Morgan fingerprint density at radius 3 is 2.38 bits per heavy atom. The first kappa shape index (κ1) is 25.5. The van der Waals surface area contributed by atoms with E-state index in [2.05, 4.69) is 5.10 Å². The molecule has 1 aliphatic rings. The van der Waals surface area contributed by atoms with Crippen LogP contribution in [0.1, 0.15) is 51.7 Å². The summed E-state index contributed by atoms with van der Waals surface area (Å²) in [6.07, 6.45) is -2.47. The Morgan fingerprint density at radius 2 is 1.88 bits per heavy atom. The molecule has 2 amide bonds. The molecular weight excluding hydrogens is 427 g/mol. The van der Waals surface area contributed by atoms with Crippen molar-refractivity contribution in [1.29, 1.82) is 0 Å². The molecule has 2 heterocycles. The zero-order valence-corrected chi connectivity index (χ0v) is 19.5. The number of ether oxygens (including phenoxy) is 2. The minimum Gasteiger partial charge on any atom is -0.444 e. The molecule has 2 rings (SSSR count). The summed E-state index contributed by atoms with van der Waals surface area (Å²) in [5.41, 5.74) is -1.75. The molecule has 32 heavy (non-hydrogen) atoms. The molecule has 0 spiro atoms. The standard InChI is InChI=1S/C20H31FN4O7/c1-19(2,3)32-18(29)25(20(4,5)11-30-7)10-14(26)24-9-12(21)8-13(24)15(27)16-22-23(6)17(28)31-16/h12-13H,8-11H2,1-7H3/t12-,13-/m0/s1. The molecule has 12 heteroatoms. The van der Waals surface area contributed by atoms with E-state index in [0.29, 0.717) is 0 Å². The molecule has 0 bridgehead atoms. The van der Waals surface area contributed by atoms with Crippen molar-refractivity contribution in [3.63, 3.8) is 0 Å². The van der Waals surface area contributed by atoms with E-state index in [1.807, 2.05) is 0 Å². The highest BCUT2D eigenvalue weighted by Crippen LogP contribution is 2.25. The Bertz CT molecular complexity index is 918. The van der Waals surface area contributed by atoms with Crippen molar-refractivity contribution in [3.8, 4) is 0 Å². The van der Waals surface area contributed by atoms with Crippen LogP contribution in [0, 0.1) is 0 Å². The van der Waals surface area contributed by atoms with E-state index in [0.717, 1.165) is 9.58 Å². The van der Waals surface area contributed by atoms with E-state index < -0.39 is 59.3 Å². The number of rotatable bonds is 7. The van der Waals surface area contributed by atoms with Crippen LogP contribution < -0.4 is 5.76 Å². The molecule has 1 saturated heterocycles. The predicted molar refractivity (Wildman–Crippen MR) is 110 cm³/mol. The van der Waals surface area contributed by atoms with Crippen molar-refractivity contribution < 1.29 is 32.7 Å². The number of ketones is 1. The molecule has 0 N–H and O–H groups in total. The number of carbonyl (C=O) groups excluding carboxylic acids is 3. The van der Waals surface area contributed by atoms with E-state index >= 15 is 0 Å². The lowest BCUT2D eigenvalue weighted by molar-refractivity contribution is -0.134. The maximum Gasteiger partial charge on any atom is 0.437 e. The summed E-state index contributed by atoms with van der Waals surface area (Å²) in [6, 6.07) is -1.21. The molecule has 0 saturated carbocycles. The third-order valence-electron chi connectivity index (χ3n) is 4.91. The summed E-state index contributed by atoms with van der Waals surface area (Å²) in [6.45, 7) is 7.77. The molecule has 1 aromatic heterocycles. The topological polar surface area (TPSA) is 124 Å². The molecule has 180 valence electrons. The quantitative estimate of drug-likeness (QED) is 0.558. The third-order valence-corrected chi connectivity index (χ3v) is 4.91. The number of Topliss-reactive ketones (excluding diaryl/α,β-unsaturated/α-hetero) is 1. The first-order chi connectivity index (χ1) is 14.7. The van der Waals surface area contributed by atoms with Crippen molar-refractivity contribution in [1.82, 2.24) is 19.6 Å². The second kappa shape index (κ2) is 9.39. The van der Waals surface area contributed by atoms with Gasteiger partial charge in [0.15, 0.2) is 0 Å². The number of amides is 2. The molecule has 1 aromatic rings. The van der Waals surface area contributed by atoms with Gasteiger partial charge in [-0.05, 0) is 34.6 Å². The monoisotopic (exact) mass is 458 g/mol. The second-order valence-corrected chi connectivity index (χ2v) is 9.37. The van der Waals surface area contributed by atoms with Crippen molar-refractivity contribution in [2.24, 2.45) is 7.05 Å². The number of alkyl halides is 1. The molecule has 0 aromatic carbocycles. The van der Waals surface area contributed by atoms with Gasteiger partial charge in [-0.15, -0.1) is 5.10 Å². The highest BCUT2D eigenvalue weighted by Gasteiger charge is 2.44. The van der Waals surface area contributed by atoms with Gasteiger partial charge in [0.2, 0.25) is 11.7 Å². The van der Waals surface area contributed by atoms with Crippen molar-refractivity contribution in [3.05, 3.63) is 16.4 Å². The molecule has 11 nitrogen and oxygen atoms in total. The van der Waals surface area contributed by atoms with E-state index in [1.165, 1.54) is 19.1 Å². The molecule has 2 atom stereocenters. The molecule has 0 unspecified atom stereocenters. The van der Waals surface area contributed by atoms with E-state index in [1.54, 1.807) is 34.6 Å². The van der Waals surface area contributed by atoms with Crippen molar-refractivity contribution >= 4 is 17.8 Å². The van der Waals surface area contributed by atoms with Gasteiger partial charge in [-0.1, -0.05) is 0 Å². The fraction of sp³-hybridized carbons (Fsp3) is 0.750. The second-order valence-electron chi connectivity index (χ2n) is 9.37. The van der Waals surface area contributed by atoms with Gasteiger partial charge in [0.1, 0.15) is 24.4 Å². The number of halogens is 1. The van der Waals surface area contributed by atoms with Gasteiger partial charge in [-0.2, -0.15) is 4.68 Å². The van der Waals surface area contributed by atoms with E-state index in [4.69, 9.17) is 13.9 Å². The van der Waals surface area contributed by atoms with Crippen LogP contribution >= 0.6 is 0 Å². The zero-order valence-electron chi connectivity index (χ0n) is 19.5. The number of methoxy groups -OCH3 is 1. The average molecular weight is 458 g/mol. The lowest BCUT2D eigenvalue weighted by atomic mass is 10.0. The van der Waals surface area contributed by atoms with Gasteiger partial charge in [-0.3, -0.25) is 14.5 Å². The van der Waals surface area contributed by atoms with Gasteiger partial charge < -0.3 is 18.8 Å². The highest BCUT2D eigenvalue weighted by molar-refractivity contribution is 5.99. The fourth-order valence-electron chi connectivity index (χ4n) is 3.40. The Hall–Kier alpha value is -2.76. The van der Waals surface area contributed by atoms with Gasteiger partial charge in [-0.25, -0.2) is 14.0 Å². The minimum absolute atomic E-state index is 0.104. The van der Waals surface area contributed by atoms with Gasteiger partial charge in [0.05, 0.1) is 18.7 Å². The molecule has 1 fully saturated rings. The van der Waals surface area contributed by atoms with Crippen LogP contribution in [0.4, 0.5) is 9.18 Å². The minimum atomic E-state index is -1.45. The van der Waals surface area contributed by atoms with Crippen molar-refractivity contribution in [2.75, 3.05) is 26.8 Å². The Kier molecular flexibility index (Phi) is 7.48. The highest BCUT2D eigenvalue weighted by atomic mass is 19.1. The third kappa shape index (κ3) is 5.93. The maximum absolute atomic E-state index is 14.2. The number of hydrogen-bond acceptors (Lipinski definition) is 8. The van der Waals surface area contributed by atoms with Gasteiger partial charge in [0.25, 0.3) is 5.89 Å². The summed E-state index contributed by atoms with van der Waals surface area (Å²) in [5, 5.41) is 3.69. The average Bonchev–Trinajstić information content (AvgIpc) is 3.19. The predicted octanol–water partition coefficient (Wildman–Crippen LogP) is 1.16. The maximum atomic E-state index is 14.2. The molecule has 0 aliphatic carbocycles. The number of aromatic nitrogens is 2. The summed E-state index contributed by atoms with van der Waals surface area (Å²) < 4.78 is 30.5. The normalized spacial score (nSPS) is 19.2. The summed E-state index contributed by atoms with van der Waals surface area (Å²) in [5.74, 6) is -2.79. The number of carbonyl (C=O) groups is 3. The molecule has 1 aliphatic heterocycles. The Labute approximate surface area is 185 Å². The van der Waals surface area contributed by atoms with Crippen LogP contribution in [-0.4, -0.2) is 87.5 Å². The summed E-state index contributed by atoms with van der Waals surface area (Å²) >= 11 is 0. The number of nitrogens with zero attached hydrogens (tertiary/aromatic N) is 4. The smallest absolute Gasteiger partial charge is 0.437 e. The first-order valence-corrected chi connectivity index (χ1v) is 10.2. The zero-order chi connectivity index (χ0) is 24.4. The van der Waals surface area contributed by atoms with Crippen LogP contribution in [0.3, 0.4) is 0 Å². The summed E-state index contributed by atoms with van der Waals surface area (Å²) in [4.78, 5) is 52.5. The van der Waals surface area contributed by atoms with Crippen LogP contribution in [0.15, 0.2) is 9.21 Å². The van der Waals surface area contributed by atoms with Crippen LogP contribution in [0.2, 0.25) is 0 Å². The number of aryl methyl sites for hydroxylation is 1. The largest absolute Gasteiger partial charge is 0.444 e. The van der Waals surface area contributed by atoms with Crippen LogP contribution in [0.5, 0.6) is 0 Å². The number of hydrogen-bond donors (Lipinski definition) is 0. The lowest BCUT2D eigenvalue weighted by Gasteiger charge is -2.39. The van der Waals surface area contributed by atoms with Crippen LogP contribution in [0.25, 0.3) is 0 Å². The lowest BCUT2D eigenvalue weighted by Crippen LogP contribution is -2.56. The SMILES string of the molecule is COCC(C)(C)N(CC(=O)N1C[C@@H](F)C[C@H]1C(=O)c1nn(C)c(=O)o1)C(=O)OC(C)(C)C. The van der Waals surface area contributed by atoms with E-state index in [-0.39, 0.29) is 19.6 Å². The van der Waals surface area contributed by atoms with Gasteiger partial charge >= 0.3 is 11.8 Å².